The number of amides is 2. The van der Waals surface area contributed by atoms with E-state index in [0.717, 1.165) is 31.6 Å². The van der Waals surface area contributed by atoms with Crippen molar-refractivity contribution in [2.75, 3.05) is 25.1 Å². The van der Waals surface area contributed by atoms with E-state index >= 15 is 0 Å². The van der Waals surface area contributed by atoms with Gasteiger partial charge >= 0.3 is 6.03 Å². The Hall–Kier alpha value is -2.84. The van der Waals surface area contributed by atoms with Crippen LogP contribution in [0.15, 0.2) is 54.6 Å². The van der Waals surface area contributed by atoms with E-state index < -0.39 is 0 Å². The average Bonchev–Trinajstić information content (AvgIpc) is 2.69. The van der Waals surface area contributed by atoms with Gasteiger partial charge in [-0.2, -0.15) is 5.26 Å². The largest absolute Gasteiger partial charge is 0.381 e. The lowest BCUT2D eigenvalue weighted by Crippen LogP contribution is -2.39. The van der Waals surface area contributed by atoms with Crippen LogP contribution in [0.25, 0.3) is 0 Å². The monoisotopic (exact) mass is 349 g/mol. The van der Waals surface area contributed by atoms with Crippen LogP contribution >= 0.6 is 0 Å². The molecule has 1 N–H and O–H groups in total. The molecule has 0 bridgehead atoms. The van der Waals surface area contributed by atoms with Crippen LogP contribution in [0.2, 0.25) is 0 Å². The summed E-state index contributed by atoms with van der Waals surface area (Å²) in [7, 11) is 0. The molecular formula is C21H23N3O2. The lowest BCUT2D eigenvalue weighted by atomic mass is 9.99. The molecule has 1 fully saturated rings. The van der Waals surface area contributed by atoms with Crippen LogP contribution in [-0.4, -0.2) is 30.7 Å². The molecule has 5 heteroatoms. The number of nitriles is 1. The Balaban J connectivity index is 1.69. The van der Waals surface area contributed by atoms with Crippen molar-refractivity contribution >= 4 is 11.7 Å². The normalized spacial score (nSPS) is 14.4. The predicted molar refractivity (Wildman–Crippen MR) is 101 cm³/mol. The van der Waals surface area contributed by atoms with E-state index in [1.165, 1.54) is 0 Å². The minimum absolute atomic E-state index is 0.120. The molecule has 0 aliphatic carbocycles. The molecule has 1 saturated heterocycles. The summed E-state index contributed by atoms with van der Waals surface area (Å²) in [5.74, 6) is 0.458. The quantitative estimate of drug-likeness (QED) is 0.887. The molecule has 26 heavy (non-hydrogen) atoms. The van der Waals surface area contributed by atoms with E-state index in [-0.39, 0.29) is 6.03 Å². The first-order chi connectivity index (χ1) is 12.7. The molecule has 0 unspecified atom stereocenters. The molecule has 2 aromatic rings. The molecule has 0 saturated carbocycles. The van der Waals surface area contributed by atoms with E-state index in [1.54, 1.807) is 24.3 Å². The number of nitrogens with zero attached hydrogens (tertiary/aromatic N) is 2. The number of carbonyl (C=O) groups is 1. The molecule has 5 nitrogen and oxygen atoms in total. The highest BCUT2D eigenvalue weighted by Crippen LogP contribution is 2.19. The number of urea groups is 1. The van der Waals surface area contributed by atoms with E-state index in [1.807, 2.05) is 35.2 Å². The summed E-state index contributed by atoms with van der Waals surface area (Å²) in [5.41, 5.74) is 2.37. The summed E-state index contributed by atoms with van der Waals surface area (Å²) in [5, 5.41) is 11.8. The van der Waals surface area contributed by atoms with Crippen LogP contribution in [0.3, 0.4) is 0 Å². The Bertz CT molecular complexity index is 747. The van der Waals surface area contributed by atoms with Crippen LogP contribution in [0.4, 0.5) is 10.5 Å². The maximum Gasteiger partial charge on any atom is 0.322 e. The van der Waals surface area contributed by atoms with Crippen LogP contribution in [0, 0.1) is 17.2 Å². The van der Waals surface area contributed by atoms with E-state index in [0.29, 0.717) is 30.3 Å². The fourth-order valence-corrected chi connectivity index (χ4v) is 3.09. The summed E-state index contributed by atoms with van der Waals surface area (Å²) in [6.45, 7) is 2.81. The summed E-state index contributed by atoms with van der Waals surface area (Å²) < 4.78 is 5.43. The second-order valence-electron chi connectivity index (χ2n) is 6.54. The van der Waals surface area contributed by atoms with Gasteiger partial charge in [-0.1, -0.05) is 30.3 Å². The minimum atomic E-state index is -0.120. The minimum Gasteiger partial charge on any atom is -0.381 e. The third-order valence-electron chi connectivity index (χ3n) is 4.59. The molecular weight excluding hydrogens is 326 g/mol. The molecule has 0 spiro atoms. The number of ether oxygens (including phenoxy) is 1. The smallest absolute Gasteiger partial charge is 0.322 e. The molecule has 3 rings (SSSR count). The standard InChI is InChI=1S/C21H23N3O2/c22-14-17-6-8-20(9-7-17)23-21(25)24(15-18-4-2-1-3-5-18)16-19-10-12-26-13-11-19/h1-9,19H,10-13,15-16H2,(H,23,25). The zero-order chi connectivity index (χ0) is 18.2. The molecule has 2 aromatic carbocycles. The number of benzene rings is 2. The van der Waals surface area contributed by atoms with Crippen molar-refractivity contribution in [3.8, 4) is 6.07 Å². The van der Waals surface area contributed by atoms with Gasteiger partial charge in [-0.3, -0.25) is 0 Å². The van der Waals surface area contributed by atoms with Gasteiger partial charge in [0.1, 0.15) is 0 Å². The Labute approximate surface area is 154 Å². The average molecular weight is 349 g/mol. The topological polar surface area (TPSA) is 65.4 Å². The highest BCUT2D eigenvalue weighted by atomic mass is 16.5. The summed E-state index contributed by atoms with van der Waals surface area (Å²) >= 11 is 0. The summed E-state index contributed by atoms with van der Waals surface area (Å²) in [6, 6.07) is 18.9. The van der Waals surface area contributed by atoms with Crippen molar-refractivity contribution in [2.24, 2.45) is 5.92 Å². The van der Waals surface area contributed by atoms with Crippen LogP contribution < -0.4 is 5.32 Å². The summed E-state index contributed by atoms with van der Waals surface area (Å²) in [6.07, 6.45) is 1.96. The molecule has 1 heterocycles. The first-order valence-corrected chi connectivity index (χ1v) is 8.92. The molecule has 134 valence electrons. The third kappa shape index (κ3) is 5.08. The first kappa shape index (κ1) is 18.0. The van der Waals surface area contributed by atoms with E-state index in [2.05, 4.69) is 11.4 Å². The van der Waals surface area contributed by atoms with Gasteiger partial charge in [0.25, 0.3) is 0 Å². The van der Waals surface area contributed by atoms with Crippen molar-refractivity contribution in [3.63, 3.8) is 0 Å². The van der Waals surface area contributed by atoms with Crippen molar-refractivity contribution in [1.82, 2.24) is 4.90 Å². The van der Waals surface area contributed by atoms with Crippen molar-refractivity contribution in [3.05, 3.63) is 65.7 Å². The maximum atomic E-state index is 12.9. The Kier molecular flexibility index (Phi) is 6.24. The predicted octanol–water partition coefficient (Wildman–Crippen LogP) is 4.02. The molecule has 0 aromatic heterocycles. The fourth-order valence-electron chi connectivity index (χ4n) is 3.09. The Morgan fingerprint density at radius 1 is 1.12 bits per heavy atom. The maximum absolute atomic E-state index is 12.9. The molecule has 0 radical (unpaired) electrons. The number of hydrogen-bond donors (Lipinski definition) is 1. The Morgan fingerprint density at radius 3 is 2.46 bits per heavy atom. The van der Waals surface area contributed by atoms with Crippen molar-refractivity contribution in [1.29, 1.82) is 5.26 Å². The van der Waals surface area contributed by atoms with Gasteiger partial charge < -0.3 is 15.0 Å². The van der Waals surface area contributed by atoms with Gasteiger partial charge in [0, 0.05) is 32.0 Å². The van der Waals surface area contributed by atoms with Gasteiger partial charge in [0.05, 0.1) is 11.6 Å². The van der Waals surface area contributed by atoms with Crippen molar-refractivity contribution < 1.29 is 9.53 Å². The number of hydrogen-bond acceptors (Lipinski definition) is 3. The van der Waals surface area contributed by atoms with Crippen LogP contribution in [0.5, 0.6) is 0 Å². The lowest BCUT2D eigenvalue weighted by Gasteiger charge is -2.30. The third-order valence-corrected chi connectivity index (χ3v) is 4.59. The number of anilines is 1. The highest BCUT2D eigenvalue weighted by molar-refractivity contribution is 5.89. The molecule has 0 atom stereocenters. The number of nitrogens with one attached hydrogen (secondary N) is 1. The second kappa shape index (κ2) is 9.02. The zero-order valence-corrected chi connectivity index (χ0v) is 14.7. The van der Waals surface area contributed by atoms with E-state index in [9.17, 15) is 4.79 Å². The second-order valence-corrected chi connectivity index (χ2v) is 6.54. The van der Waals surface area contributed by atoms with Crippen LogP contribution in [0.1, 0.15) is 24.0 Å². The van der Waals surface area contributed by atoms with Crippen LogP contribution in [-0.2, 0) is 11.3 Å². The first-order valence-electron chi connectivity index (χ1n) is 8.92. The highest BCUT2D eigenvalue weighted by Gasteiger charge is 2.21. The van der Waals surface area contributed by atoms with Gasteiger partial charge in [-0.05, 0) is 48.6 Å². The van der Waals surface area contributed by atoms with Gasteiger partial charge in [-0.25, -0.2) is 4.79 Å². The zero-order valence-electron chi connectivity index (χ0n) is 14.7. The Morgan fingerprint density at radius 2 is 1.81 bits per heavy atom. The van der Waals surface area contributed by atoms with Gasteiger partial charge in [0.2, 0.25) is 0 Å². The van der Waals surface area contributed by atoms with E-state index in [4.69, 9.17) is 10.00 Å². The van der Waals surface area contributed by atoms with Crippen molar-refractivity contribution in [2.45, 2.75) is 19.4 Å². The number of rotatable bonds is 5. The van der Waals surface area contributed by atoms with Gasteiger partial charge in [0.15, 0.2) is 0 Å². The van der Waals surface area contributed by atoms with Gasteiger partial charge in [-0.15, -0.1) is 0 Å². The summed E-state index contributed by atoms with van der Waals surface area (Å²) in [4.78, 5) is 14.7. The molecule has 1 aliphatic rings. The molecule has 1 aliphatic heterocycles. The SMILES string of the molecule is N#Cc1ccc(NC(=O)N(Cc2ccccc2)CC2CCOCC2)cc1. The lowest BCUT2D eigenvalue weighted by molar-refractivity contribution is 0.0564. The molecule has 2 amide bonds. The number of carbonyl (C=O) groups excluding carboxylic acids is 1. The fraction of sp³-hybridized carbons (Fsp3) is 0.333.